The summed E-state index contributed by atoms with van der Waals surface area (Å²) < 4.78 is 17.7. The first-order valence-corrected chi connectivity index (χ1v) is 11.9. The molecule has 1 saturated heterocycles. The van der Waals surface area contributed by atoms with E-state index in [1.165, 1.54) is 6.07 Å². The van der Waals surface area contributed by atoms with Crippen molar-refractivity contribution >= 4 is 34.5 Å². The van der Waals surface area contributed by atoms with Crippen molar-refractivity contribution in [3.05, 3.63) is 63.2 Å². The Labute approximate surface area is 208 Å². The fourth-order valence-electron chi connectivity index (χ4n) is 4.21. The summed E-state index contributed by atoms with van der Waals surface area (Å²) in [6.45, 7) is 7.59. The smallest absolute Gasteiger partial charge is 0.339 e. The summed E-state index contributed by atoms with van der Waals surface area (Å²) >= 11 is 2.21. The summed E-state index contributed by atoms with van der Waals surface area (Å²) in [4.78, 5) is 25.6. The largest absolute Gasteiger partial charge is 0.490 e. The van der Waals surface area contributed by atoms with Crippen molar-refractivity contribution in [3.63, 3.8) is 0 Å². The first-order valence-electron chi connectivity index (χ1n) is 10.8. The van der Waals surface area contributed by atoms with Gasteiger partial charge in [-0.25, -0.2) is 9.59 Å². The lowest BCUT2D eigenvalue weighted by atomic mass is 9.80. The number of hydrogen-bond donors (Lipinski definition) is 0. The number of carbonyl (C=O) groups excluding carboxylic acids is 2. The molecule has 0 aliphatic carbocycles. The number of piperidine rings is 1. The summed E-state index contributed by atoms with van der Waals surface area (Å²) in [5.74, 6) is -0.539. The van der Waals surface area contributed by atoms with Crippen LogP contribution >= 0.6 is 22.6 Å². The normalized spacial score (nSPS) is 17.9. The molecule has 1 fully saturated rings. The van der Waals surface area contributed by atoms with E-state index in [1.54, 1.807) is 18.2 Å². The van der Waals surface area contributed by atoms with E-state index in [0.29, 0.717) is 18.6 Å². The van der Waals surface area contributed by atoms with Crippen molar-refractivity contribution in [1.82, 2.24) is 5.06 Å². The monoisotopic (exact) mass is 566 g/mol. The molecule has 3 rings (SSSR count). The van der Waals surface area contributed by atoms with E-state index < -0.39 is 29.1 Å². The lowest BCUT2D eigenvalue weighted by molar-refractivity contribution is -0.298. The van der Waals surface area contributed by atoms with E-state index >= 15 is 0 Å². The second-order valence-electron chi connectivity index (χ2n) is 9.34. The van der Waals surface area contributed by atoms with Crippen molar-refractivity contribution in [1.29, 1.82) is 0 Å². The van der Waals surface area contributed by atoms with Crippen molar-refractivity contribution in [2.45, 2.75) is 57.7 Å². The average Bonchev–Trinajstić information content (AvgIpc) is 2.75. The number of esters is 2. The molecule has 0 bridgehead atoms. The molecule has 0 saturated carbocycles. The van der Waals surface area contributed by atoms with Crippen molar-refractivity contribution in [2.24, 2.45) is 0 Å². The molecular formula is C25H29INO6. The molecule has 0 atom stereocenters. The Balaban J connectivity index is 1.60. The topological polar surface area (TPSA) is 85.0 Å². The maximum atomic E-state index is 12.9. The number of hydroxylamine groups is 2. The Bertz CT molecular complexity index is 971. The predicted molar refractivity (Wildman–Crippen MR) is 130 cm³/mol. The van der Waals surface area contributed by atoms with Crippen molar-refractivity contribution in [3.8, 4) is 5.75 Å². The van der Waals surface area contributed by atoms with Gasteiger partial charge in [0.2, 0.25) is 0 Å². The van der Waals surface area contributed by atoms with E-state index in [1.807, 2.05) is 52.0 Å². The fourth-order valence-corrected chi connectivity index (χ4v) is 4.57. The molecule has 0 N–H and O–H groups in total. The van der Waals surface area contributed by atoms with Crippen LogP contribution in [-0.4, -0.2) is 47.4 Å². The number of hydrogen-bond acceptors (Lipinski definition) is 6. The van der Waals surface area contributed by atoms with E-state index in [2.05, 4.69) is 22.6 Å². The molecule has 33 heavy (non-hydrogen) atoms. The third-order valence-corrected chi connectivity index (χ3v) is 6.31. The van der Waals surface area contributed by atoms with Crippen LogP contribution in [0.5, 0.6) is 5.75 Å². The molecule has 0 amide bonds. The molecule has 1 aliphatic rings. The van der Waals surface area contributed by atoms with Crippen LogP contribution in [0.1, 0.15) is 61.3 Å². The molecule has 2 aromatic carbocycles. The number of ether oxygens (including phenoxy) is 3. The molecule has 2 aromatic rings. The Morgan fingerprint density at radius 3 is 2.03 bits per heavy atom. The van der Waals surface area contributed by atoms with E-state index in [9.17, 15) is 14.8 Å². The zero-order chi connectivity index (χ0) is 24.2. The number of carbonyl (C=O) groups is 2. The maximum absolute atomic E-state index is 12.9. The van der Waals surface area contributed by atoms with Crippen LogP contribution < -0.4 is 4.74 Å². The summed E-state index contributed by atoms with van der Waals surface area (Å²) in [6, 6.07) is 13.9. The summed E-state index contributed by atoms with van der Waals surface area (Å²) in [5, 5.41) is 13.6. The van der Waals surface area contributed by atoms with Crippen LogP contribution in [0.25, 0.3) is 0 Å². The highest BCUT2D eigenvalue weighted by molar-refractivity contribution is 14.1. The van der Waals surface area contributed by atoms with Gasteiger partial charge in [-0.3, -0.25) is 0 Å². The van der Waals surface area contributed by atoms with E-state index in [0.717, 1.165) is 8.63 Å². The number of rotatable bonds is 7. The molecule has 7 nitrogen and oxygen atoms in total. The van der Waals surface area contributed by atoms with Gasteiger partial charge in [-0.2, -0.15) is 0 Å². The lowest BCUT2D eigenvalue weighted by Crippen LogP contribution is -2.60. The van der Waals surface area contributed by atoms with Gasteiger partial charge in [-0.15, -0.1) is 10.3 Å². The molecule has 0 unspecified atom stereocenters. The minimum atomic E-state index is -0.665. The predicted octanol–water partition coefficient (Wildman–Crippen LogP) is 5.05. The molecule has 0 aromatic heterocycles. The molecule has 1 radical (unpaired) electrons. The first kappa shape index (κ1) is 25.5. The number of halogens is 1. The van der Waals surface area contributed by atoms with Gasteiger partial charge < -0.3 is 14.2 Å². The quantitative estimate of drug-likeness (QED) is 0.265. The summed E-state index contributed by atoms with van der Waals surface area (Å²) in [6.07, 6.45) is 0.390. The highest BCUT2D eigenvalue weighted by Gasteiger charge is 2.47. The average molecular weight is 566 g/mol. The Hall–Kier alpha value is -2.17. The molecule has 8 heteroatoms. The van der Waals surface area contributed by atoms with Gasteiger partial charge in [0, 0.05) is 27.5 Å². The summed E-state index contributed by atoms with van der Waals surface area (Å²) in [7, 11) is 0. The molecular weight excluding hydrogens is 537 g/mol. The molecule has 1 aliphatic heterocycles. The first-order chi connectivity index (χ1) is 15.5. The maximum Gasteiger partial charge on any atom is 0.339 e. The fraction of sp³-hybridized carbons (Fsp3) is 0.440. The minimum Gasteiger partial charge on any atom is -0.490 e. The van der Waals surface area contributed by atoms with E-state index in [4.69, 9.17) is 14.2 Å². The highest BCUT2D eigenvalue weighted by atomic mass is 127. The third kappa shape index (κ3) is 6.45. The number of benzene rings is 2. The van der Waals surface area contributed by atoms with Gasteiger partial charge >= 0.3 is 11.9 Å². The summed E-state index contributed by atoms with van der Waals surface area (Å²) in [5.41, 5.74) is -1.05. The number of nitrogens with zero attached hydrogens (tertiary/aromatic N) is 1. The Morgan fingerprint density at radius 1 is 0.909 bits per heavy atom. The second kappa shape index (κ2) is 10.4. The van der Waals surface area contributed by atoms with Gasteiger partial charge in [-0.05, 0) is 86.7 Å². The van der Waals surface area contributed by atoms with Crippen LogP contribution in [0.2, 0.25) is 0 Å². The van der Waals surface area contributed by atoms with Crippen molar-refractivity contribution < 1.29 is 29.0 Å². The Kier molecular flexibility index (Phi) is 8.02. The van der Waals surface area contributed by atoms with Gasteiger partial charge in [-0.1, -0.05) is 12.1 Å². The molecule has 0 spiro atoms. The SMILES string of the molecule is CC1(C)CC(OC(=O)c2ccccc2C(=O)OCCOc2ccc(I)cc2)CC(C)(C)N1[O]. The van der Waals surface area contributed by atoms with Crippen LogP contribution in [0, 0.1) is 3.57 Å². The van der Waals surface area contributed by atoms with Gasteiger partial charge in [0.15, 0.2) is 0 Å². The third-order valence-electron chi connectivity index (χ3n) is 5.59. The van der Waals surface area contributed by atoms with E-state index in [-0.39, 0.29) is 24.3 Å². The van der Waals surface area contributed by atoms with Crippen LogP contribution in [0.4, 0.5) is 0 Å². The van der Waals surface area contributed by atoms with Crippen LogP contribution in [0.3, 0.4) is 0 Å². The van der Waals surface area contributed by atoms with Crippen molar-refractivity contribution in [2.75, 3.05) is 13.2 Å². The van der Waals surface area contributed by atoms with Gasteiger partial charge in [0.1, 0.15) is 25.1 Å². The second-order valence-corrected chi connectivity index (χ2v) is 10.6. The lowest BCUT2D eigenvalue weighted by Gasteiger charge is -2.49. The zero-order valence-corrected chi connectivity index (χ0v) is 21.5. The van der Waals surface area contributed by atoms with Gasteiger partial charge in [0.05, 0.1) is 11.1 Å². The minimum absolute atomic E-state index is 0.0402. The highest BCUT2D eigenvalue weighted by Crippen LogP contribution is 2.38. The molecule has 1 heterocycles. The standard InChI is InChI=1S/C25H29INO6/c1-24(2)15-19(16-25(3,4)27(24)30)33-23(29)21-8-6-5-7-20(21)22(28)32-14-13-31-18-11-9-17(26)10-12-18/h5-12,19H,13-16H2,1-4H3. The van der Waals surface area contributed by atoms with Crippen LogP contribution in [-0.2, 0) is 14.7 Å². The Morgan fingerprint density at radius 2 is 1.45 bits per heavy atom. The van der Waals surface area contributed by atoms with Crippen LogP contribution in [0.15, 0.2) is 48.5 Å². The molecule has 177 valence electrons. The van der Waals surface area contributed by atoms with Gasteiger partial charge in [0.25, 0.3) is 0 Å². The zero-order valence-electron chi connectivity index (χ0n) is 19.3.